The summed E-state index contributed by atoms with van der Waals surface area (Å²) in [7, 11) is 0. The fraction of sp³-hybridized carbons (Fsp3) is 1.00. The first-order valence-electron chi connectivity index (χ1n) is 6.21. The van der Waals surface area contributed by atoms with Gasteiger partial charge < -0.3 is 9.47 Å². The maximum atomic E-state index is 5.78. The van der Waals surface area contributed by atoms with Crippen molar-refractivity contribution in [1.29, 1.82) is 0 Å². The van der Waals surface area contributed by atoms with Crippen LogP contribution in [0.5, 0.6) is 0 Å². The van der Waals surface area contributed by atoms with Crippen molar-refractivity contribution in [3.8, 4) is 0 Å². The van der Waals surface area contributed by atoms with Crippen LogP contribution in [-0.2, 0) is 9.47 Å². The minimum Gasteiger partial charge on any atom is -0.322 e. The molecule has 0 N–H and O–H groups in total. The maximum Gasteiger partial charge on any atom is 0.191 e. The summed E-state index contributed by atoms with van der Waals surface area (Å²) in [5.41, 5.74) is 0.341. The number of hydrogen-bond acceptors (Lipinski definition) is 3. The summed E-state index contributed by atoms with van der Waals surface area (Å²) in [6, 6.07) is 0.341. The fourth-order valence-corrected chi connectivity index (χ4v) is 3.14. The van der Waals surface area contributed by atoms with Crippen molar-refractivity contribution in [2.24, 2.45) is 5.41 Å². The summed E-state index contributed by atoms with van der Waals surface area (Å²) in [6.07, 6.45) is 0.992. The van der Waals surface area contributed by atoms with Gasteiger partial charge in [0.05, 0.1) is 6.04 Å². The highest BCUT2D eigenvalue weighted by Gasteiger charge is 2.60. The molecule has 2 saturated heterocycles. The molecule has 3 heteroatoms. The molecule has 1 atom stereocenters. The monoisotopic (exact) mass is 227 g/mol. The van der Waals surface area contributed by atoms with Gasteiger partial charge in [0.25, 0.3) is 0 Å². The standard InChI is InChI=1S/C13H25NO2/c1-11(2,3)10-13(15-9-16-13)7-8-14(10)12(4,5)6/h10H,7-9H2,1-6H3. The van der Waals surface area contributed by atoms with E-state index in [1.165, 1.54) is 0 Å². The molecule has 3 nitrogen and oxygen atoms in total. The van der Waals surface area contributed by atoms with Crippen LogP contribution in [0.1, 0.15) is 48.0 Å². The first kappa shape index (κ1) is 12.3. The second kappa shape index (κ2) is 3.44. The Kier molecular flexibility index (Phi) is 2.65. The van der Waals surface area contributed by atoms with E-state index in [1.807, 2.05) is 0 Å². The molecule has 0 aromatic heterocycles. The molecule has 0 aromatic rings. The molecule has 0 amide bonds. The van der Waals surface area contributed by atoms with E-state index < -0.39 is 0 Å². The number of ether oxygens (including phenoxy) is 2. The number of rotatable bonds is 0. The van der Waals surface area contributed by atoms with E-state index in [0.29, 0.717) is 12.8 Å². The van der Waals surface area contributed by atoms with Gasteiger partial charge in [-0.05, 0) is 26.2 Å². The molecule has 2 aliphatic rings. The van der Waals surface area contributed by atoms with Crippen LogP contribution in [0.4, 0.5) is 0 Å². The zero-order chi connectivity index (χ0) is 12.2. The average molecular weight is 227 g/mol. The normalized spacial score (nSPS) is 30.8. The van der Waals surface area contributed by atoms with E-state index in [9.17, 15) is 0 Å². The molecule has 0 aromatic carbocycles. The van der Waals surface area contributed by atoms with Crippen LogP contribution in [0.2, 0.25) is 0 Å². The summed E-state index contributed by atoms with van der Waals surface area (Å²) in [5.74, 6) is -0.328. The third kappa shape index (κ3) is 1.79. The Morgan fingerprint density at radius 2 is 1.62 bits per heavy atom. The molecule has 0 saturated carbocycles. The maximum absolute atomic E-state index is 5.78. The van der Waals surface area contributed by atoms with Crippen LogP contribution < -0.4 is 0 Å². The Balaban J connectivity index is 2.29. The minimum atomic E-state index is -0.328. The van der Waals surface area contributed by atoms with Gasteiger partial charge in [-0.15, -0.1) is 0 Å². The zero-order valence-corrected chi connectivity index (χ0v) is 11.5. The summed E-state index contributed by atoms with van der Waals surface area (Å²) in [6.45, 7) is 15.1. The highest BCUT2D eigenvalue weighted by molar-refractivity contribution is 5.06. The number of nitrogens with zero attached hydrogens (tertiary/aromatic N) is 1. The van der Waals surface area contributed by atoms with Crippen molar-refractivity contribution < 1.29 is 9.47 Å². The van der Waals surface area contributed by atoms with Crippen molar-refractivity contribution in [3.63, 3.8) is 0 Å². The van der Waals surface area contributed by atoms with Crippen LogP contribution in [-0.4, -0.2) is 35.6 Å². The highest BCUT2D eigenvalue weighted by atomic mass is 16.9. The van der Waals surface area contributed by atoms with E-state index in [4.69, 9.17) is 9.47 Å². The largest absolute Gasteiger partial charge is 0.322 e. The molecule has 94 valence electrons. The highest BCUT2D eigenvalue weighted by Crippen LogP contribution is 2.48. The predicted octanol–water partition coefficient (Wildman–Crippen LogP) is 2.61. The molecule has 2 heterocycles. The topological polar surface area (TPSA) is 21.7 Å². The van der Waals surface area contributed by atoms with Crippen molar-refractivity contribution in [2.45, 2.75) is 65.3 Å². The van der Waals surface area contributed by atoms with E-state index in [2.05, 4.69) is 46.4 Å². The van der Waals surface area contributed by atoms with E-state index in [1.54, 1.807) is 0 Å². The van der Waals surface area contributed by atoms with Gasteiger partial charge in [-0.3, -0.25) is 4.90 Å². The lowest BCUT2D eigenvalue weighted by atomic mass is 9.80. The van der Waals surface area contributed by atoms with E-state index in [-0.39, 0.29) is 16.7 Å². The minimum absolute atomic E-state index is 0.170. The molecule has 0 aliphatic carbocycles. The molecular formula is C13H25NO2. The van der Waals surface area contributed by atoms with Crippen LogP contribution in [0.3, 0.4) is 0 Å². The lowest BCUT2D eigenvalue weighted by Gasteiger charge is -2.52. The predicted molar refractivity (Wildman–Crippen MR) is 64.1 cm³/mol. The molecule has 2 rings (SSSR count). The van der Waals surface area contributed by atoms with Crippen LogP contribution in [0.15, 0.2) is 0 Å². The third-order valence-electron chi connectivity index (χ3n) is 3.72. The molecular weight excluding hydrogens is 202 g/mol. The van der Waals surface area contributed by atoms with Gasteiger partial charge in [0.2, 0.25) is 0 Å². The Hall–Kier alpha value is -0.120. The molecule has 1 spiro atoms. The summed E-state index contributed by atoms with van der Waals surface area (Å²) in [4.78, 5) is 2.53. The van der Waals surface area contributed by atoms with Gasteiger partial charge >= 0.3 is 0 Å². The second-order valence-electron chi connectivity index (χ2n) is 7.10. The SMILES string of the molecule is CC(C)(C)C1N(C(C)(C)C)CCC12OCO2. The van der Waals surface area contributed by atoms with Crippen molar-refractivity contribution in [1.82, 2.24) is 4.90 Å². The smallest absolute Gasteiger partial charge is 0.191 e. The lowest BCUT2D eigenvalue weighted by molar-refractivity contribution is -0.412. The first-order chi connectivity index (χ1) is 7.17. The van der Waals surface area contributed by atoms with Crippen LogP contribution in [0, 0.1) is 5.41 Å². The lowest BCUT2D eigenvalue weighted by Crippen LogP contribution is -2.63. The van der Waals surface area contributed by atoms with E-state index in [0.717, 1.165) is 13.0 Å². The number of hydrogen-bond donors (Lipinski definition) is 0. The Morgan fingerprint density at radius 3 is 1.94 bits per heavy atom. The van der Waals surface area contributed by atoms with Crippen molar-refractivity contribution in [3.05, 3.63) is 0 Å². The van der Waals surface area contributed by atoms with Gasteiger partial charge in [0.15, 0.2) is 12.6 Å². The first-order valence-corrected chi connectivity index (χ1v) is 6.21. The Morgan fingerprint density at radius 1 is 1.06 bits per heavy atom. The molecule has 16 heavy (non-hydrogen) atoms. The van der Waals surface area contributed by atoms with Gasteiger partial charge in [-0.2, -0.15) is 0 Å². The van der Waals surface area contributed by atoms with Gasteiger partial charge in [-0.1, -0.05) is 20.8 Å². The fourth-order valence-electron chi connectivity index (χ4n) is 3.14. The second-order valence-corrected chi connectivity index (χ2v) is 7.10. The molecule has 0 bridgehead atoms. The molecule has 2 fully saturated rings. The van der Waals surface area contributed by atoms with Gasteiger partial charge in [-0.25, -0.2) is 0 Å². The summed E-state index contributed by atoms with van der Waals surface area (Å²) in [5, 5.41) is 0. The molecule has 0 radical (unpaired) electrons. The summed E-state index contributed by atoms with van der Waals surface area (Å²) < 4.78 is 11.6. The van der Waals surface area contributed by atoms with Gasteiger partial charge in [0, 0.05) is 18.5 Å². The Labute approximate surface area is 99.1 Å². The zero-order valence-electron chi connectivity index (χ0n) is 11.5. The average Bonchev–Trinajstić information content (AvgIpc) is 2.38. The molecule has 1 unspecified atom stereocenters. The Bertz CT molecular complexity index is 271. The molecule has 2 aliphatic heterocycles. The van der Waals surface area contributed by atoms with Crippen LogP contribution >= 0.6 is 0 Å². The van der Waals surface area contributed by atoms with Gasteiger partial charge in [0.1, 0.15) is 0 Å². The number of likely N-dealkylation sites (tertiary alicyclic amines) is 1. The van der Waals surface area contributed by atoms with Crippen molar-refractivity contribution >= 4 is 0 Å². The summed E-state index contributed by atoms with van der Waals surface area (Å²) >= 11 is 0. The van der Waals surface area contributed by atoms with E-state index >= 15 is 0 Å². The third-order valence-corrected chi connectivity index (χ3v) is 3.72. The van der Waals surface area contributed by atoms with Crippen molar-refractivity contribution in [2.75, 3.05) is 13.3 Å². The quantitative estimate of drug-likeness (QED) is 0.635. The van der Waals surface area contributed by atoms with Crippen LogP contribution in [0.25, 0.3) is 0 Å².